The van der Waals surface area contributed by atoms with Crippen LogP contribution in [0.25, 0.3) is 11.3 Å². The topological polar surface area (TPSA) is 125 Å². The number of rotatable bonds is 4. The van der Waals surface area contributed by atoms with Gasteiger partial charge in [0.25, 0.3) is 5.91 Å². The number of benzene rings is 1. The molecule has 8 nitrogen and oxygen atoms in total. The van der Waals surface area contributed by atoms with E-state index in [-0.39, 0.29) is 5.56 Å². The second-order valence-corrected chi connectivity index (χ2v) is 7.31. The van der Waals surface area contributed by atoms with Gasteiger partial charge >= 0.3 is 0 Å². The van der Waals surface area contributed by atoms with E-state index in [0.717, 1.165) is 11.3 Å². The summed E-state index contributed by atoms with van der Waals surface area (Å²) in [5.41, 5.74) is 14.0. The zero-order chi connectivity index (χ0) is 19.8. The van der Waals surface area contributed by atoms with Crippen molar-refractivity contribution in [1.82, 2.24) is 19.7 Å². The molecule has 2 heterocycles. The van der Waals surface area contributed by atoms with Crippen molar-refractivity contribution in [2.75, 3.05) is 11.1 Å². The average molecular weight is 365 g/mol. The molecule has 0 radical (unpaired) electrons. The van der Waals surface area contributed by atoms with Crippen LogP contribution in [0.4, 0.5) is 17.3 Å². The number of nitrogen functional groups attached to an aromatic ring is 1. The van der Waals surface area contributed by atoms with E-state index in [2.05, 4.69) is 20.4 Å². The van der Waals surface area contributed by atoms with Crippen molar-refractivity contribution < 1.29 is 4.79 Å². The van der Waals surface area contributed by atoms with Crippen LogP contribution in [0.2, 0.25) is 0 Å². The molecule has 3 aromatic rings. The van der Waals surface area contributed by atoms with Gasteiger partial charge in [0, 0.05) is 17.4 Å². The molecule has 27 heavy (non-hydrogen) atoms. The minimum absolute atomic E-state index is 0.290. The predicted molar refractivity (Wildman–Crippen MR) is 106 cm³/mol. The Morgan fingerprint density at radius 1 is 1.15 bits per heavy atom. The van der Waals surface area contributed by atoms with E-state index in [1.165, 1.54) is 0 Å². The number of hydrogen-bond donors (Lipinski definition) is 3. The number of aromatic nitrogens is 4. The number of hydrogen-bond acceptors (Lipinski definition) is 6. The van der Waals surface area contributed by atoms with Gasteiger partial charge in [0.05, 0.1) is 17.4 Å². The van der Waals surface area contributed by atoms with Crippen LogP contribution in [-0.4, -0.2) is 25.7 Å². The summed E-state index contributed by atoms with van der Waals surface area (Å²) in [6.07, 6.45) is 3.24. The molecule has 5 N–H and O–H groups in total. The highest BCUT2D eigenvalue weighted by atomic mass is 16.1. The highest BCUT2D eigenvalue weighted by Crippen LogP contribution is 2.34. The van der Waals surface area contributed by atoms with Crippen LogP contribution in [0.15, 0.2) is 36.7 Å². The van der Waals surface area contributed by atoms with Crippen molar-refractivity contribution in [2.24, 2.45) is 5.73 Å². The van der Waals surface area contributed by atoms with Gasteiger partial charge in [-0.25, -0.2) is 9.67 Å². The van der Waals surface area contributed by atoms with Crippen molar-refractivity contribution in [3.05, 3.63) is 47.9 Å². The van der Waals surface area contributed by atoms with Gasteiger partial charge in [0.2, 0.25) is 0 Å². The highest BCUT2D eigenvalue weighted by Gasteiger charge is 2.29. The first-order valence-corrected chi connectivity index (χ1v) is 8.51. The zero-order valence-electron chi connectivity index (χ0n) is 15.8. The smallest absolute Gasteiger partial charge is 0.254 e. The number of nitrogens with two attached hydrogens (primary N) is 2. The minimum atomic E-state index is -0.583. The van der Waals surface area contributed by atoms with Gasteiger partial charge in [-0.05, 0) is 39.8 Å². The van der Waals surface area contributed by atoms with E-state index in [0.29, 0.717) is 23.0 Å². The second kappa shape index (κ2) is 6.71. The Labute approximate surface area is 157 Å². The van der Waals surface area contributed by atoms with Gasteiger partial charge in [0.1, 0.15) is 22.9 Å². The number of anilines is 3. The SMILES string of the molecule is Cc1cncc(Nc2c(C(N)=O)c(-c3ccc(N)cc3)nn2C(C)(C)C)n1. The number of primary amides is 1. The third kappa shape index (κ3) is 3.74. The number of aryl methyl sites for hydroxylation is 1. The lowest BCUT2D eigenvalue weighted by Gasteiger charge is -2.23. The van der Waals surface area contributed by atoms with Gasteiger partial charge in [0.15, 0.2) is 0 Å². The Hall–Kier alpha value is -3.42. The molecule has 0 bridgehead atoms. The lowest BCUT2D eigenvalue weighted by molar-refractivity contribution is 0.100. The second-order valence-electron chi connectivity index (χ2n) is 7.31. The Balaban J connectivity index is 2.23. The summed E-state index contributed by atoms with van der Waals surface area (Å²) in [6.45, 7) is 7.81. The minimum Gasteiger partial charge on any atom is -0.399 e. The zero-order valence-corrected chi connectivity index (χ0v) is 15.8. The van der Waals surface area contributed by atoms with E-state index in [1.807, 2.05) is 39.8 Å². The molecule has 3 rings (SSSR count). The molecule has 0 saturated heterocycles. The van der Waals surface area contributed by atoms with Gasteiger partial charge in [-0.2, -0.15) is 5.10 Å². The summed E-state index contributed by atoms with van der Waals surface area (Å²) < 4.78 is 1.74. The van der Waals surface area contributed by atoms with Crippen molar-refractivity contribution in [1.29, 1.82) is 0 Å². The molecule has 1 aromatic carbocycles. The van der Waals surface area contributed by atoms with Crippen LogP contribution >= 0.6 is 0 Å². The lowest BCUT2D eigenvalue weighted by Crippen LogP contribution is -2.25. The quantitative estimate of drug-likeness (QED) is 0.611. The van der Waals surface area contributed by atoms with Crippen LogP contribution in [0.1, 0.15) is 36.8 Å². The average Bonchev–Trinajstić information content (AvgIpc) is 2.95. The fourth-order valence-electron chi connectivity index (χ4n) is 2.74. The molecule has 0 atom stereocenters. The van der Waals surface area contributed by atoms with E-state index < -0.39 is 11.4 Å². The summed E-state index contributed by atoms with van der Waals surface area (Å²) in [4.78, 5) is 20.9. The first-order valence-electron chi connectivity index (χ1n) is 8.51. The number of nitrogens with one attached hydrogen (secondary N) is 1. The Morgan fingerprint density at radius 3 is 2.37 bits per heavy atom. The van der Waals surface area contributed by atoms with Crippen LogP contribution in [-0.2, 0) is 5.54 Å². The van der Waals surface area contributed by atoms with Crippen molar-refractivity contribution in [2.45, 2.75) is 33.2 Å². The molecule has 1 amide bonds. The molecule has 0 aliphatic rings. The van der Waals surface area contributed by atoms with E-state index >= 15 is 0 Å². The third-order valence-electron chi connectivity index (χ3n) is 3.95. The largest absolute Gasteiger partial charge is 0.399 e. The monoisotopic (exact) mass is 365 g/mol. The first-order chi connectivity index (χ1) is 12.7. The molecular weight excluding hydrogens is 342 g/mol. The maximum Gasteiger partial charge on any atom is 0.254 e. The highest BCUT2D eigenvalue weighted by molar-refractivity contribution is 6.04. The van der Waals surface area contributed by atoms with Gasteiger partial charge in [-0.15, -0.1) is 0 Å². The van der Waals surface area contributed by atoms with E-state index in [9.17, 15) is 4.79 Å². The molecule has 2 aromatic heterocycles. The van der Waals surface area contributed by atoms with Gasteiger partial charge in [-0.1, -0.05) is 12.1 Å². The third-order valence-corrected chi connectivity index (χ3v) is 3.95. The van der Waals surface area contributed by atoms with Gasteiger partial charge < -0.3 is 16.8 Å². The summed E-state index contributed by atoms with van der Waals surface area (Å²) in [5, 5.41) is 7.86. The van der Waals surface area contributed by atoms with Crippen LogP contribution < -0.4 is 16.8 Å². The summed E-state index contributed by atoms with van der Waals surface area (Å²) >= 11 is 0. The summed E-state index contributed by atoms with van der Waals surface area (Å²) in [5.74, 6) is 0.397. The molecule has 0 aliphatic carbocycles. The fourth-order valence-corrected chi connectivity index (χ4v) is 2.74. The molecule has 0 fully saturated rings. The van der Waals surface area contributed by atoms with Crippen LogP contribution in [0.3, 0.4) is 0 Å². The summed E-state index contributed by atoms with van der Waals surface area (Å²) in [7, 11) is 0. The standard InChI is InChI=1S/C19H23N7O/c1-11-9-22-10-14(23-11)24-18-15(17(21)27)16(25-26(18)19(2,3)4)12-5-7-13(20)8-6-12/h5-10H,20H2,1-4H3,(H2,21,27)(H,23,24). The molecule has 8 heteroatoms. The number of amides is 1. The Morgan fingerprint density at radius 2 is 1.81 bits per heavy atom. The van der Waals surface area contributed by atoms with Crippen molar-refractivity contribution in [3.63, 3.8) is 0 Å². The maximum absolute atomic E-state index is 12.3. The number of nitrogens with zero attached hydrogens (tertiary/aromatic N) is 4. The van der Waals surface area contributed by atoms with E-state index in [1.54, 1.807) is 29.2 Å². The molecule has 0 spiro atoms. The van der Waals surface area contributed by atoms with Crippen LogP contribution in [0.5, 0.6) is 0 Å². The predicted octanol–water partition coefficient (Wildman–Crippen LogP) is 2.83. The van der Waals surface area contributed by atoms with Gasteiger partial charge in [-0.3, -0.25) is 9.78 Å². The molecular formula is C19H23N7O. The van der Waals surface area contributed by atoms with E-state index in [4.69, 9.17) is 11.5 Å². The fraction of sp³-hybridized carbons (Fsp3) is 0.263. The Bertz CT molecular complexity index is 984. The molecule has 0 saturated carbocycles. The molecule has 0 unspecified atom stereocenters. The number of carbonyl (C=O) groups is 1. The van der Waals surface area contributed by atoms with Crippen LogP contribution in [0, 0.1) is 6.92 Å². The normalized spacial score (nSPS) is 11.4. The van der Waals surface area contributed by atoms with Crippen molar-refractivity contribution in [3.8, 4) is 11.3 Å². The molecule has 140 valence electrons. The summed E-state index contributed by atoms with van der Waals surface area (Å²) in [6, 6.07) is 7.14. The van der Waals surface area contributed by atoms with Crippen molar-refractivity contribution >= 4 is 23.2 Å². The molecule has 0 aliphatic heterocycles. The maximum atomic E-state index is 12.3. The first kappa shape index (κ1) is 18.4. The Kier molecular flexibility index (Phi) is 4.57. The number of carbonyl (C=O) groups excluding carboxylic acids is 1. The lowest BCUT2D eigenvalue weighted by atomic mass is 10.1.